The minimum Gasteiger partial charge on any atom is -0.368 e. The van der Waals surface area contributed by atoms with Crippen LogP contribution in [-0.2, 0) is 17.8 Å². The van der Waals surface area contributed by atoms with Crippen LogP contribution in [0.2, 0.25) is 0 Å². The number of carbonyl (C=O) groups excluding carboxylic acids is 1. The van der Waals surface area contributed by atoms with Gasteiger partial charge in [-0.1, -0.05) is 18.2 Å². The van der Waals surface area contributed by atoms with E-state index in [0.717, 1.165) is 18.5 Å². The van der Waals surface area contributed by atoms with Gasteiger partial charge in [0.2, 0.25) is 11.9 Å². The smallest absolute Gasteiger partial charge is 0.223 e. The molecule has 5 rings (SSSR count). The molecule has 1 aliphatic rings. The van der Waals surface area contributed by atoms with E-state index in [4.69, 9.17) is 11.0 Å². The van der Waals surface area contributed by atoms with Gasteiger partial charge in [-0.15, -0.1) is 5.10 Å². The number of aromatic nitrogens is 4. The molecule has 4 aromatic rings. The lowest BCUT2D eigenvalue weighted by Crippen LogP contribution is -2.35. The number of likely N-dealkylation sites (tertiary alicyclic amines) is 1. The molecule has 37 heavy (non-hydrogen) atoms. The number of anilines is 1. The molecule has 2 aromatic heterocycles. The highest BCUT2D eigenvalue weighted by Gasteiger charge is 2.24. The Labute approximate surface area is 211 Å². The molecule has 0 spiro atoms. The van der Waals surface area contributed by atoms with Gasteiger partial charge in [0.1, 0.15) is 17.7 Å². The summed E-state index contributed by atoms with van der Waals surface area (Å²) in [7, 11) is 0. The number of benzene rings is 2. The molecule has 9 nitrogen and oxygen atoms in total. The first kappa shape index (κ1) is 24.3. The van der Waals surface area contributed by atoms with Crippen molar-refractivity contribution in [3.05, 3.63) is 76.6 Å². The maximum absolute atomic E-state index is 15.0. The quantitative estimate of drug-likeness (QED) is 0.415. The van der Waals surface area contributed by atoms with E-state index in [9.17, 15) is 13.6 Å². The molecule has 0 aliphatic carbocycles. The molecule has 2 aromatic carbocycles. The number of nitrogens with one attached hydrogen (secondary N) is 1. The third-order valence-electron chi connectivity index (χ3n) is 6.41. The third kappa shape index (κ3) is 4.96. The van der Waals surface area contributed by atoms with Crippen molar-refractivity contribution in [3.8, 4) is 17.3 Å². The number of nitriles is 1. The summed E-state index contributed by atoms with van der Waals surface area (Å²) in [5, 5.41) is 16.5. The highest BCUT2D eigenvalue weighted by molar-refractivity contribution is 5.73. The van der Waals surface area contributed by atoms with Gasteiger partial charge >= 0.3 is 0 Å². The molecule has 0 bridgehead atoms. The fourth-order valence-electron chi connectivity index (χ4n) is 4.71. The number of carbonyl (C=O) groups is 1. The highest BCUT2D eigenvalue weighted by Crippen LogP contribution is 2.26. The first-order valence-electron chi connectivity index (χ1n) is 11.8. The van der Waals surface area contributed by atoms with Crippen LogP contribution < -0.4 is 11.1 Å². The lowest BCUT2D eigenvalue weighted by molar-refractivity contribution is -0.119. The Morgan fingerprint density at radius 1 is 1.24 bits per heavy atom. The zero-order chi connectivity index (χ0) is 26.1. The van der Waals surface area contributed by atoms with Crippen LogP contribution in [0.15, 0.2) is 42.5 Å². The second kappa shape index (κ2) is 9.91. The van der Waals surface area contributed by atoms with E-state index in [0.29, 0.717) is 30.1 Å². The summed E-state index contributed by atoms with van der Waals surface area (Å²) in [6.07, 6.45) is 0.963. The molecular formula is C26H24F2N8O. The van der Waals surface area contributed by atoms with E-state index >= 15 is 0 Å². The van der Waals surface area contributed by atoms with Gasteiger partial charge in [-0.2, -0.15) is 9.78 Å². The van der Waals surface area contributed by atoms with Gasteiger partial charge in [-0.3, -0.25) is 9.69 Å². The van der Waals surface area contributed by atoms with Crippen molar-refractivity contribution >= 4 is 17.5 Å². The van der Waals surface area contributed by atoms with Gasteiger partial charge in [-0.25, -0.2) is 18.7 Å². The Hall–Kier alpha value is -4.43. The second-order valence-electron chi connectivity index (χ2n) is 9.05. The van der Waals surface area contributed by atoms with Crippen LogP contribution in [0, 0.1) is 23.0 Å². The topological polar surface area (TPSA) is 125 Å². The summed E-state index contributed by atoms with van der Waals surface area (Å²) in [5.74, 6) is -0.798. The fraction of sp³-hybridized carbons (Fsp3) is 0.269. The standard InChI is InChI=1S/C26H24F2N8O/c1-15(37)31-18-8-9-35(14-18)13-17-5-3-7-21(27)20(17)10-23-33-24-11-22(32-26(30)36(24)34-23)19-6-2-4-16(12-29)25(19)28/h2-7,11,18H,8-10,13-14H2,1H3,(H2,30,32)(H,31,37). The van der Waals surface area contributed by atoms with Gasteiger partial charge in [0.15, 0.2) is 11.5 Å². The second-order valence-corrected chi connectivity index (χ2v) is 9.05. The summed E-state index contributed by atoms with van der Waals surface area (Å²) in [4.78, 5) is 22.3. The van der Waals surface area contributed by atoms with Crippen LogP contribution in [-0.4, -0.2) is 49.5 Å². The summed E-state index contributed by atoms with van der Waals surface area (Å²) in [5.41, 5.74) is 7.94. The molecule has 1 unspecified atom stereocenters. The monoisotopic (exact) mass is 502 g/mol. The van der Waals surface area contributed by atoms with Gasteiger partial charge < -0.3 is 11.1 Å². The minimum absolute atomic E-state index is 0.0113. The number of nitrogen functional groups attached to an aromatic ring is 1. The number of amides is 1. The van der Waals surface area contributed by atoms with Crippen molar-refractivity contribution in [2.45, 2.75) is 32.4 Å². The van der Waals surface area contributed by atoms with E-state index in [1.807, 2.05) is 12.1 Å². The normalized spacial score (nSPS) is 15.7. The molecular weight excluding hydrogens is 478 g/mol. The van der Waals surface area contributed by atoms with Crippen LogP contribution in [0.25, 0.3) is 16.9 Å². The van der Waals surface area contributed by atoms with Crippen LogP contribution in [0.1, 0.15) is 35.9 Å². The molecule has 1 atom stereocenters. The molecule has 11 heteroatoms. The average Bonchev–Trinajstić information content (AvgIpc) is 3.47. The van der Waals surface area contributed by atoms with Crippen molar-refractivity contribution in [1.29, 1.82) is 5.26 Å². The van der Waals surface area contributed by atoms with Crippen molar-refractivity contribution in [2.75, 3.05) is 18.8 Å². The average molecular weight is 503 g/mol. The van der Waals surface area contributed by atoms with E-state index in [2.05, 4.69) is 25.3 Å². The lowest BCUT2D eigenvalue weighted by atomic mass is 10.0. The molecule has 1 aliphatic heterocycles. The van der Waals surface area contributed by atoms with Crippen LogP contribution in [0.4, 0.5) is 14.7 Å². The summed E-state index contributed by atoms with van der Waals surface area (Å²) >= 11 is 0. The number of hydrogen-bond acceptors (Lipinski definition) is 7. The van der Waals surface area contributed by atoms with Gasteiger partial charge in [0.05, 0.1) is 11.3 Å². The Morgan fingerprint density at radius 3 is 2.84 bits per heavy atom. The van der Waals surface area contributed by atoms with E-state index in [1.165, 1.54) is 35.7 Å². The molecule has 188 valence electrons. The Balaban J connectivity index is 1.42. The van der Waals surface area contributed by atoms with Crippen LogP contribution in [0.5, 0.6) is 0 Å². The van der Waals surface area contributed by atoms with Gasteiger partial charge in [0.25, 0.3) is 0 Å². The van der Waals surface area contributed by atoms with E-state index in [1.54, 1.807) is 12.1 Å². The van der Waals surface area contributed by atoms with Crippen LogP contribution >= 0.6 is 0 Å². The summed E-state index contributed by atoms with van der Waals surface area (Å²) in [6, 6.07) is 12.8. The zero-order valence-corrected chi connectivity index (χ0v) is 20.1. The third-order valence-corrected chi connectivity index (χ3v) is 6.41. The Bertz CT molecular complexity index is 1540. The molecule has 1 saturated heterocycles. The van der Waals surface area contributed by atoms with Gasteiger partial charge in [0, 0.05) is 50.7 Å². The number of halogens is 2. The molecule has 3 N–H and O–H groups in total. The number of nitrogens with two attached hydrogens (primary N) is 1. The maximum atomic E-state index is 15.0. The highest BCUT2D eigenvalue weighted by atomic mass is 19.1. The largest absolute Gasteiger partial charge is 0.368 e. The summed E-state index contributed by atoms with van der Waals surface area (Å²) < 4.78 is 31.0. The number of nitrogens with zero attached hydrogens (tertiary/aromatic N) is 6. The van der Waals surface area contributed by atoms with Gasteiger partial charge in [-0.05, 0) is 35.7 Å². The maximum Gasteiger partial charge on any atom is 0.223 e. The molecule has 3 heterocycles. The minimum atomic E-state index is -0.695. The number of fused-ring (bicyclic) bond motifs is 1. The predicted octanol–water partition coefficient (Wildman–Crippen LogP) is 2.82. The van der Waals surface area contributed by atoms with E-state index in [-0.39, 0.29) is 47.0 Å². The first-order chi connectivity index (χ1) is 17.8. The predicted molar refractivity (Wildman–Crippen MR) is 132 cm³/mol. The fourth-order valence-corrected chi connectivity index (χ4v) is 4.71. The van der Waals surface area contributed by atoms with Crippen LogP contribution in [0.3, 0.4) is 0 Å². The Morgan fingerprint density at radius 2 is 2.05 bits per heavy atom. The first-order valence-corrected chi connectivity index (χ1v) is 11.8. The number of hydrogen-bond donors (Lipinski definition) is 2. The Kier molecular flexibility index (Phi) is 6.50. The van der Waals surface area contributed by atoms with E-state index < -0.39 is 5.82 Å². The summed E-state index contributed by atoms with van der Waals surface area (Å²) in [6.45, 7) is 3.51. The molecule has 0 saturated carbocycles. The number of rotatable bonds is 6. The van der Waals surface area contributed by atoms with Crippen molar-refractivity contribution in [1.82, 2.24) is 29.8 Å². The molecule has 1 amide bonds. The zero-order valence-electron chi connectivity index (χ0n) is 20.1. The lowest BCUT2D eigenvalue weighted by Gasteiger charge is -2.18. The molecule has 0 radical (unpaired) electrons. The molecule has 1 fully saturated rings. The SMILES string of the molecule is CC(=O)NC1CCN(Cc2cccc(F)c2Cc2nc3cc(-c4cccc(C#N)c4F)nc(N)n3n2)C1. The van der Waals surface area contributed by atoms with Crippen molar-refractivity contribution in [3.63, 3.8) is 0 Å². The van der Waals surface area contributed by atoms with Crippen molar-refractivity contribution in [2.24, 2.45) is 0 Å². The van der Waals surface area contributed by atoms with Crippen molar-refractivity contribution < 1.29 is 13.6 Å².